The van der Waals surface area contributed by atoms with Crippen LogP contribution in [0, 0.1) is 5.82 Å². The molecule has 1 aromatic carbocycles. The lowest BCUT2D eigenvalue weighted by atomic mass is 9.94. The molecule has 1 aromatic rings. The van der Waals surface area contributed by atoms with Gasteiger partial charge in [-0.3, -0.25) is 0 Å². The number of hydrogen-bond donors (Lipinski definition) is 1. The highest BCUT2D eigenvalue weighted by atomic mass is 32.2. The van der Waals surface area contributed by atoms with E-state index in [1.54, 1.807) is 0 Å². The highest BCUT2D eigenvalue weighted by molar-refractivity contribution is 7.89. The lowest BCUT2D eigenvalue weighted by molar-refractivity contribution is 0.0696. The Labute approximate surface area is 110 Å². The molecular formula is C12H14FNO4S. The summed E-state index contributed by atoms with van der Waals surface area (Å²) in [6, 6.07) is 2.73. The zero-order chi connectivity index (χ0) is 14.2. The molecule has 1 fully saturated rings. The van der Waals surface area contributed by atoms with E-state index in [1.165, 1.54) is 7.05 Å². The number of sulfonamides is 1. The number of carboxylic acid groups (broad SMARTS) is 1. The van der Waals surface area contributed by atoms with Crippen LogP contribution in [0.3, 0.4) is 0 Å². The quantitative estimate of drug-likeness (QED) is 0.914. The number of rotatable bonds is 4. The van der Waals surface area contributed by atoms with Crippen LogP contribution in [0.4, 0.5) is 4.39 Å². The molecule has 0 aromatic heterocycles. The summed E-state index contributed by atoms with van der Waals surface area (Å²) >= 11 is 0. The van der Waals surface area contributed by atoms with Crippen LogP contribution in [0.15, 0.2) is 23.1 Å². The minimum absolute atomic E-state index is 0.0939. The molecule has 19 heavy (non-hydrogen) atoms. The van der Waals surface area contributed by atoms with Crippen molar-refractivity contribution in [1.29, 1.82) is 0 Å². The van der Waals surface area contributed by atoms with E-state index in [0.717, 1.165) is 41.8 Å². The first kappa shape index (κ1) is 14.0. The molecule has 1 N–H and O–H groups in total. The van der Waals surface area contributed by atoms with Gasteiger partial charge in [0.25, 0.3) is 0 Å². The van der Waals surface area contributed by atoms with Crippen molar-refractivity contribution in [3.05, 3.63) is 29.6 Å². The second kappa shape index (κ2) is 4.90. The minimum atomic E-state index is -3.91. The van der Waals surface area contributed by atoms with Crippen molar-refractivity contribution in [3.8, 4) is 0 Å². The summed E-state index contributed by atoms with van der Waals surface area (Å²) in [6.45, 7) is 0. The van der Waals surface area contributed by atoms with Gasteiger partial charge < -0.3 is 5.11 Å². The molecule has 0 spiro atoms. The van der Waals surface area contributed by atoms with E-state index < -0.39 is 26.7 Å². The maximum Gasteiger partial charge on any atom is 0.335 e. The highest BCUT2D eigenvalue weighted by Gasteiger charge is 2.33. The molecule has 1 saturated carbocycles. The Bertz CT molecular complexity index is 610. The Morgan fingerprint density at radius 3 is 2.47 bits per heavy atom. The average molecular weight is 287 g/mol. The van der Waals surface area contributed by atoms with Gasteiger partial charge in [-0.05, 0) is 31.0 Å². The van der Waals surface area contributed by atoms with Crippen molar-refractivity contribution < 1.29 is 22.7 Å². The molecule has 0 saturated heterocycles. The van der Waals surface area contributed by atoms with E-state index in [0.29, 0.717) is 0 Å². The second-order valence-corrected chi connectivity index (χ2v) is 6.52. The molecule has 7 heteroatoms. The molecule has 2 rings (SSSR count). The van der Waals surface area contributed by atoms with Crippen LogP contribution in [0.2, 0.25) is 0 Å². The Kier molecular flexibility index (Phi) is 3.60. The van der Waals surface area contributed by atoms with E-state index in [9.17, 15) is 17.6 Å². The summed E-state index contributed by atoms with van der Waals surface area (Å²) in [6.07, 6.45) is 2.50. The minimum Gasteiger partial charge on any atom is -0.478 e. The van der Waals surface area contributed by atoms with Crippen LogP contribution in [-0.2, 0) is 10.0 Å². The van der Waals surface area contributed by atoms with Gasteiger partial charge in [0, 0.05) is 13.1 Å². The van der Waals surface area contributed by atoms with Crippen molar-refractivity contribution in [2.75, 3.05) is 7.05 Å². The van der Waals surface area contributed by atoms with Crippen LogP contribution in [-0.4, -0.2) is 36.9 Å². The number of carbonyl (C=O) groups is 1. The molecule has 0 aliphatic heterocycles. The lowest BCUT2D eigenvalue weighted by Crippen LogP contribution is -2.41. The standard InChI is InChI=1S/C12H14FNO4S/c1-14(9-3-2-4-9)19(17,18)11-6-5-8(12(15)16)7-10(11)13/h5-7,9H,2-4H2,1H3,(H,15,16). The third-order valence-electron chi connectivity index (χ3n) is 3.42. The fourth-order valence-corrected chi connectivity index (χ4v) is 3.40. The fourth-order valence-electron chi connectivity index (χ4n) is 1.94. The SMILES string of the molecule is CN(C1CCC1)S(=O)(=O)c1ccc(C(=O)O)cc1F. The van der Waals surface area contributed by atoms with Crippen molar-refractivity contribution in [2.24, 2.45) is 0 Å². The largest absolute Gasteiger partial charge is 0.478 e. The number of benzene rings is 1. The Balaban J connectivity index is 2.37. The Hall–Kier alpha value is -1.47. The van der Waals surface area contributed by atoms with Crippen molar-refractivity contribution in [2.45, 2.75) is 30.2 Å². The zero-order valence-electron chi connectivity index (χ0n) is 10.3. The zero-order valence-corrected chi connectivity index (χ0v) is 11.2. The van der Waals surface area contributed by atoms with Gasteiger partial charge in [0.2, 0.25) is 10.0 Å². The molecule has 0 heterocycles. The first-order chi connectivity index (χ1) is 8.84. The molecule has 0 amide bonds. The first-order valence-electron chi connectivity index (χ1n) is 5.85. The molecule has 5 nitrogen and oxygen atoms in total. The van der Waals surface area contributed by atoms with E-state index in [-0.39, 0.29) is 11.6 Å². The summed E-state index contributed by atoms with van der Waals surface area (Å²) in [5, 5.41) is 8.72. The van der Waals surface area contributed by atoms with Gasteiger partial charge in [-0.1, -0.05) is 6.42 Å². The Morgan fingerprint density at radius 2 is 2.05 bits per heavy atom. The average Bonchev–Trinajstić information content (AvgIpc) is 2.25. The lowest BCUT2D eigenvalue weighted by Gasteiger charge is -2.33. The molecule has 104 valence electrons. The topological polar surface area (TPSA) is 74.7 Å². The normalized spacial score (nSPS) is 16.4. The van der Waals surface area contributed by atoms with Gasteiger partial charge in [0.15, 0.2) is 0 Å². The van der Waals surface area contributed by atoms with Crippen LogP contribution >= 0.6 is 0 Å². The molecule has 0 radical (unpaired) electrons. The number of hydrogen-bond acceptors (Lipinski definition) is 3. The maximum atomic E-state index is 13.8. The summed E-state index contributed by atoms with van der Waals surface area (Å²) in [5.41, 5.74) is -0.275. The molecule has 0 atom stereocenters. The Morgan fingerprint density at radius 1 is 1.42 bits per heavy atom. The van der Waals surface area contributed by atoms with Crippen molar-refractivity contribution in [3.63, 3.8) is 0 Å². The van der Waals surface area contributed by atoms with Crippen LogP contribution in [0.5, 0.6) is 0 Å². The van der Waals surface area contributed by atoms with Gasteiger partial charge >= 0.3 is 5.97 Å². The summed E-state index contributed by atoms with van der Waals surface area (Å²) in [4.78, 5) is 10.2. The molecule has 0 bridgehead atoms. The van der Waals surface area contributed by atoms with E-state index >= 15 is 0 Å². The third-order valence-corrected chi connectivity index (χ3v) is 5.37. The van der Waals surface area contributed by atoms with Gasteiger partial charge in [0.1, 0.15) is 10.7 Å². The third kappa shape index (κ3) is 2.48. The van der Waals surface area contributed by atoms with E-state index in [4.69, 9.17) is 5.11 Å². The smallest absolute Gasteiger partial charge is 0.335 e. The molecule has 1 aliphatic rings. The van der Waals surface area contributed by atoms with Crippen molar-refractivity contribution >= 4 is 16.0 Å². The van der Waals surface area contributed by atoms with Gasteiger partial charge in [0.05, 0.1) is 5.56 Å². The van der Waals surface area contributed by atoms with E-state index in [1.807, 2.05) is 0 Å². The first-order valence-corrected chi connectivity index (χ1v) is 7.29. The fraction of sp³-hybridized carbons (Fsp3) is 0.417. The summed E-state index contributed by atoms with van der Waals surface area (Å²) in [7, 11) is -2.49. The highest BCUT2D eigenvalue weighted by Crippen LogP contribution is 2.29. The molecule has 0 unspecified atom stereocenters. The maximum absolute atomic E-state index is 13.8. The number of halogens is 1. The molecular weight excluding hydrogens is 273 g/mol. The number of carboxylic acids is 1. The van der Waals surface area contributed by atoms with Crippen LogP contribution in [0.25, 0.3) is 0 Å². The van der Waals surface area contributed by atoms with E-state index in [2.05, 4.69) is 0 Å². The number of nitrogens with zero attached hydrogens (tertiary/aromatic N) is 1. The van der Waals surface area contributed by atoms with Crippen LogP contribution in [0.1, 0.15) is 29.6 Å². The summed E-state index contributed by atoms with van der Waals surface area (Å²) in [5.74, 6) is -2.33. The second-order valence-electron chi connectivity index (χ2n) is 4.56. The number of aromatic carboxylic acids is 1. The van der Waals surface area contributed by atoms with Gasteiger partial charge in [-0.25, -0.2) is 17.6 Å². The predicted octanol–water partition coefficient (Wildman–Crippen LogP) is 1.70. The summed E-state index contributed by atoms with van der Waals surface area (Å²) < 4.78 is 39.4. The predicted molar refractivity (Wildman–Crippen MR) is 65.9 cm³/mol. The van der Waals surface area contributed by atoms with Gasteiger partial charge in [-0.2, -0.15) is 4.31 Å². The van der Waals surface area contributed by atoms with Crippen LogP contribution < -0.4 is 0 Å². The monoisotopic (exact) mass is 287 g/mol. The van der Waals surface area contributed by atoms with Crippen molar-refractivity contribution in [1.82, 2.24) is 4.31 Å². The van der Waals surface area contributed by atoms with Gasteiger partial charge in [-0.15, -0.1) is 0 Å². The molecule has 1 aliphatic carbocycles.